The molecular weight excluding hydrogens is 204 g/mol. The molecule has 0 aliphatic heterocycles. The van der Waals surface area contributed by atoms with E-state index in [1.807, 2.05) is 27.7 Å². The molecule has 16 heavy (non-hydrogen) atoms. The number of nitrogens with two attached hydrogens (primary N) is 1. The summed E-state index contributed by atoms with van der Waals surface area (Å²) in [5.74, 6) is -0.00103. The second-order valence-corrected chi connectivity index (χ2v) is 5.58. The second kappa shape index (κ2) is 6.21. The summed E-state index contributed by atoms with van der Waals surface area (Å²) in [6, 6.07) is 0. The van der Waals surface area contributed by atoms with E-state index in [2.05, 4.69) is 5.32 Å². The fraction of sp³-hybridized carbons (Fsp3) is 0.917. The fourth-order valence-electron chi connectivity index (χ4n) is 1.20. The molecule has 96 valence electrons. The van der Waals surface area contributed by atoms with Gasteiger partial charge in [-0.1, -0.05) is 0 Å². The SMILES string of the molecule is CC(=O)NCCC(C)(C)OCCC(C)(C)N. The Morgan fingerprint density at radius 3 is 2.25 bits per heavy atom. The minimum Gasteiger partial charge on any atom is -0.375 e. The molecule has 0 aromatic carbocycles. The highest BCUT2D eigenvalue weighted by Gasteiger charge is 2.19. The van der Waals surface area contributed by atoms with Crippen LogP contribution in [0.2, 0.25) is 0 Å². The Labute approximate surface area is 98.9 Å². The number of carbonyl (C=O) groups excluding carboxylic acids is 1. The third-order valence-corrected chi connectivity index (χ3v) is 2.34. The van der Waals surface area contributed by atoms with Crippen LogP contribution in [0.25, 0.3) is 0 Å². The van der Waals surface area contributed by atoms with Crippen molar-refractivity contribution in [2.24, 2.45) is 5.73 Å². The maximum atomic E-state index is 10.7. The van der Waals surface area contributed by atoms with Crippen LogP contribution in [-0.4, -0.2) is 30.2 Å². The lowest BCUT2D eigenvalue weighted by molar-refractivity contribution is -0.119. The predicted octanol–water partition coefficient (Wildman–Crippen LogP) is 1.44. The maximum absolute atomic E-state index is 10.7. The van der Waals surface area contributed by atoms with Crippen LogP contribution in [-0.2, 0) is 9.53 Å². The van der Waals surface area contributed by atoms with Crippen molar-refractivity contribution in [1.82, 2.24) is 5.32 Å². The lowest BCUT2D eigenvalue weighted by Gasteiger charge is -2.27. The molecule has 0 heterocycles. The van der Waals surface area contributed by atoms with E-state index in [0.29, 0.717) is 13.2 Å². The van der Waals surface area contributed by atoms with E-state index < -0.39 is 0 Å². The number of hydrogen-bond acceptors (Lipinski definition) is 3. The summed E-state index contributed by atoms with van der Waals surface area (Å²) in [5, 5.41) is 2.76. The van der Waals surface area contributed by atoms with Crippen LogP contribution in [0.5, 0.6) is 0 Å². The van der Waals surface area contributed by atoms with E-state index in [9.17, 15) is 4.79 Å². The molecule has 0 atom stereocenters. The topological polar surface area (TPSA) is 64.3 Å². The van der Waals surface area contributed by atoms with Crippen LogP contribution >= 0.6 is 0 Å². The van der Waals surface area contributed by atoms with Gasteiger partial charge in [0, 0.05) is 25.6 Å². The van der Waals surface area contributed by atoms with Gasteiger partial charge >= 0.3 is 0 Å². The first-order valence-corrected chi connectivity index (χ1v) is 5.80. The van der Waals surface area contributed by atoms with E-state index in [1.165, 1.54) is 6.92 Å². The van der Waals surface area contributed by atoms with Crippen molar-refractivity contribution in [3.63, 3.8) is 0 Å². The van der Waals surface area contributed by atoms with Gasteiger partial charge in [-0.25, -0.2) is 0 Å². The van der Waals surface area contributed by atoms with Gasteiger partial charge in [-0.2, -0.15) is 0 Å². The minimum atomic E-state index is -0.215. The first-order valence-electron chi connectivity index (χ1n) is 5.80. The Morgan fingerprint density at radius 2 is 1.81 bits per heavy atom. The van der Waals surface area contributed by atoms with Crippen molar-refractivity contribution >= 4 is 5.91 Å². The molecule has 0 rings (SSSR count). The molecule has 0 aromatic rings. The Morgan fingerprint density at radius 1 is 1.25 bits per heavy atom. The van der Waals surface area contributed by atoms with Gasteiger partial charge in [0.05, 0.1) is 5.60 Å². The van der Waals surface area contributed by atoms with Crippen LogP contribution < -0.4 is 11.1 Å². The van der Waals surface area contributed by atoms with Gasteiger partial charge in [0.25, 0.3) is 0 Å². The molecule has 0 saturated carbocycles. The molecule has 0 saturated heterocycles. The van der Waals surface area contributed by atoms with Crippen LogP contribution in [0.1, 0.15) is 47.5 Å². The van der Waals surface area contributed by atoms with Crippen LogP contribution in [0, 0.1) is 0 Å². The van der Waals surface area contributed by atoms with Crippen LogP contribution in [0.3, 0.4) is 0 Å². The van der Waals surface area contributed by atoms with Crippen molar-refractivity contribution in [3.8, 4) is 0 Å². The molecular formula is C12H26N2O2. The normalized spacial score (nSPS) is 12.6. The van der Waals surface area contributed by atoms with E-state index in [0.717, 1.165) is 12.8 Å². The third-order valence-electron chi connectivity index (χ3n) is 2.34. The van der Waals surface area contributed by atoms with Gasteiger partial charge in [0.2, 0.25) is 5.91 Å². The molecule has 0 aliphatic carbocycles. The Kier molecular flexibility index (Phi) is 5.97. The molecule has 3 N–H and O–H groups in total. The summed E-state index contributed by atoms with van der Waals surface area (Å²) in [7, 11) is 0. The quantitative estimate of drug-likeness (QED) is 0.695. The smallest absolute Gasteiger partial charge is 0.216 e. The lowest BCUT2D eigenvalue weighted by atomic mass is 10.0. The standard InChI is InChI=1S/C12H26N2O2/c1-10(15)14-8-6-12(4,5)16-9-7-11(2,3)13/h6-9,13H2,1-5H3,(H,14,15). The van der Waals surface area contributed by atoms with Gasteiger partial charge in [0.1, 0.15) is 0 Å². The van der Waals surface area contributed by atoms with Crippen LogP contribution in [0.4, 0.5) is 0 Å². The minimum absolute atomic E-state index is 0.00103. The zero-order valence-corrected chi connectivity index (χ0v) is 11.2. The van der Waals surface area contributed by atoms with E-state index in [4.69, 9.17) is 10.5 Å². The highest BCUT2D eigenvalue weighted by molar-refractivity contribution is 5.72. The highest BCUT2D eigenvalue weighted by Crippen LogP contribution is 2.15. The van der Waals surface area contributed by atoms with Crippen molar-refractivity contribution in [2.75, 3.05) is 13.2 Å². The monoisotopic (exact) mass is 230 g/mol. The summed E-state index contributed by atoms with van der Waals surface area (Å²) in [6.07, 6.45) is 1.63. The Balaban J connectivity index is 3.74. The molecule has 4 heteroatoms. The molecule has 0 unspecified atom stereocenters. The van der Waals surface area contributed by atoms with E-state index >= 15 is 0 Å². The van der Waals surface area contributed by atoms with Crippen molar-refractivity contribution in [3.05, 3.63) is 0 Å². The Bertz CT molecular complexity index is 220. The molecule has 0 aromatic heterocycles. The maximum Gasteiger partial charge on any atom is 0.216 e. The summed E-state index contributed by atoms with van der Waals surface area (Å²) >= 11 is 0. The summed E-state index contributed by atoms with van der Waals surface area (Å²) < 4.78 is 5.76. The number of amides is 1. The zero-order valence-electron chi connectivity index (χ0n) is 11.2. The number of carbonyl (C=O) groups is 1. The highest BCUT2D eigenvalue weighted by atomic mass is 16.5. The van der Waals surface area contributed by atoms with Gasteiger partial charge < -0.3 is 15.8 Å². The Hall–Kier alpha value is -0.610. The first-order chi connectivity index (χ1) is 7.12. The summed E-state index contributed by atoms with van der Waals surface area (Å²) in [4.78, 5) is 10.7. The number of hydrogen-bond donors (Lipinski definition) is 2. The average molecular weight is 230 g/mol. The third kappa shape index (κ3) is 9.93. The zero-order chi connectivity index (χ0) is 12.8. The van der Waals surface area contributed by atoms with Crippen molar-refractivity contribution in [2.45, 2.75) is 58.6 Å². The molecule has 0 fully saturated rings. The molecule has 0 radical (unpaired) electrons. The molecule has 0 spiro atoms. The largest absolute Gasteiger partial charge is 0.375 e. The molecule has 0 bridgehead atoms. The van der Waals surface area contributed by atoms with Crippen LogP contribution in [0.15, 0.2) is 0 Å². The number of ether oxygens (including phenoxy) is 1. The predicted molar refractivity (Wildman–Crippen MR) is 66.2 cm³/mol. The molecule has 0 aliphatic rings. The van der Waals surface area contributed by atoms with Crippen molar-refractivity contribution < 1.29 is 9.53 Å². The van der Waals surface area contributed by atoms with Gasteiger partial charge in [0.15, 0.2) is 0 Å². The van der Waals surface area contributed by atoms with Crippen molar-refractivity contribution in [1.29, 1.82) is 0 Å². The molecule has 1 amide bonds. The second-order valence-electron chi connectivity index (χ2n) is 5.58. The molecule has 4 nitrogen and oxygen atoms in total. The summed E-state index contributed by atoms with van der Waals surface area (Å²) in [5.41, 5.74) is 5.47. The number of nitrogens with one attached hydrogen (secondary N) is 1. The fourth-order valence-corrected chi connectivity index (χ4v) is 1.20. The van der Waals surface area contributed by atoms with E-state index in [1.54, 1.807) is 0 Å². The average Bonchev–Trinajstić information content (AvgIpc) is 1.99. The first kappa shape index (κ1) is 15.4. The number of rotatable bonds is 7. The van der Waals surface area contributed by atoms with Gasteiger partial charge in [-0.15, -0.1) is 0 Å². The van der Waals surface area contributed by atoms with Gasteiger partial charge in [-0.05, 0) is 40.5 Å². The van der Waals surface area contributed by atoms with E-state index in [-0.39, 0.29) is 17.0 Å². The van der Waals surface area contributed by atoms with Gasteiger partial charge in [-0.3, -0.25) is 4.79 Å². The summed E-state index contributed by atoms with van der Waals surface area (Å²) in [6.45, 7) is 10.8. The lowest BCUT2D eigenvalue weighted by Crippen LogP contribution is -2.36.